The molecule has 2 amide bonds. The van der Waals surface area contributed by atoms with E-state index in [1.807, 2.05) is 54.3 Å². The zero-order valence-electron chi connectivity index (χ0n) is 17.4. The Kier molecular flexibility index (Phi) is 6.62. The number of ether oxygens (including phenoxy) is 1. The van der Waals surface area contributed by atoms with Crippen LogP contribution in [0.5, 0.6) is 5.75 Å². The molecule has 0 atom stereocenters. The minimum Gasteiger partial charge on any atom is -0.494 e. The van der Waals surface area contributed by atoms with Gasteiger partial charge in [0.25, 0.3) is 11.8 Å². The molecular formula is C24H25N3O3S. The van der Waals surface area contributed by atoms with Gasteiger partial charge in [-0.15, -0.1) is 11.3 Å². The number of hydrogen-bond donors (Lipinski definition) is 1. The first kappa shape index (κ1) is 21.1. The van der Waals surface area contributed by atoms with Crippen LogP contribution in [-0.2, 0) is 0 Å². The number of aromatic nitrogens is 1. The number of nitrogens with one attached hydrogen (secondary N) is 1. The molecule has 1 aliphatic heterocycles. The molecule has 0 aliphatic carbocycles. The molecule has 2 heterocycles. The Morgan fingerprint density at radius 2 is 1.81 bits per heavy atom. The number of carbonyl (C=O) groups is 2. The largest absolute Gasteiger partial charge is 0.494 e. The summed E-state index contributed by atoms with van der Waals surface area (Å²) in [4.78, 5) is 32.2. The van der Waals surface area contributed by atoms with Gasteiger partial charge >= 0.3 is 0 Å². The van der Waals surface area contributed by atoms with Crippen LogP contribution in [0.3, 0.4) is 0 Å². The maximum Gasteiger partial charge on any atom is 0.263 e. The van der Waals surface area contributed by atoms with E-state index in [-0.39, 0.29) is 17.9 Å². The molecular weight excluding hydrogens is 410 g/mol. The number of hydrogen-bond acceptors (Lipinski definition) is 5. The maximum absolute atomic E-state index is 12.7. The monoisotopic (exact) mass is 435 g/mol. The lowest BCUT2D eigenvalue weighted by molar-refractivity contribution is 0.0698. The van der Waals surface area contributed by atoms with Crippen LogP contribution in [0, 0.1) is 0 Å². The van der Waals surface area contributed by atoms with Gasteiger partial charge in [0.15, 0.2) is 0 Å². The number of likely N-dealkylation sites (tertiary alicyclic amines) is 1. The van der Waals surface area contributed by atoms with Crippen LogP contribution in [0.25, 0.3) is 10.6 Å². The number of rotatable bonds is 6. The van der Waals surface area contributed by atoms with Crippen LogP contribution in [0.2, 0.25) is 0 Å². The molecule has 0 spiro atoms. The Labute approximate surface area is 185 Å². The molecule has 1 N–H and O–H groups in total. The molecule has 3 aromatic rings. The van der Waals surface area contributed by atoms with Crippen LogP contribution in [-0.4, -0.2) is 47.4 Å². The molecule has 7 heteroatoms. The standard InChI is InChI=1S/C24H25N3O3S/c1-2-30-20-10-8-18(9-11-20)24(29)27-14-12-19(13-15-27)26-22(28)21-16-25-23(31-21)17-6-4-3-5-7-17/h3-11,16,19H,2,12-15H2,1H3,(H,26,28). The summed E-state index contributed by atoms with van der Waals surface area (Å²) in [7, 11) is 0. The van der Waals surface area contributed by atoms with Gasteiger partial charge in [0.2, 0.25) is 0 Å². The van der Waals surface area contributed by atoms with E-state index >= 15 is 0 Å². The van der Waals surface area contributed by atoms with Crippen LogP contribution < -0.4 is 10.1 Å². The molecule has 0 radical (unpaired) electrons. The highest BCUT2D eigenvalue weighted by Gasteiger charge is 2.25. The number of piperidine rings is 1. The van der Waals surface area contributed by atoms with Crippen molar-refractivity contribution in [2.75, 3.05) is 19.7 Å². The predicted octanol–water partition coefficient (Wildman–Crippen LogP) is 4.24. The fraction of sp³-hybridized carbons (Fsp3) is 0.292. The molecule has 1 aliphatic rings. The minimum absolute atomic E-state index is 0.0165. The van der Waals surface area contributed by atoms with E-state index in [0.29, 0.717) is 30.1 Å². The number of thiazole rings is 1. The molecule has 0 unspecified atom stereocenters. The molecule has 1 aromatic heterocycles. The molecule has 1 saturated heterocycles. The fourth-order valence-electron chi connectivity index (χ4n) is 3.62. The molecule has 2 aromatic carbocycles. The highest BCUT2D eigenvalue weighted by Crippen LogP contribution is 2.25. The van der Waals surface area contributed by atoms with E-state index in [4.69, 9.17) is 4.74 Å². The van der Waals surface area contributed by atoms with Crippen LogP contribution in [0.4, 0.5) is 0 Å². The molecule has 1 fully saturated rings. The third-order valence-electron chi connectivity index (χ3n) is 5.28. The van der Waals surface area contributed by atoms with Crippen LogP contribution >= 0.6 is 11.3 Å². The normalized spacial score (nSPS) is 14.3. The van der Waals surface area contributed by atoms with Gasteiger partial charge in [-0.2, -0.15) is 0 Å². The third-order valence-corrected chi connectivity index (χ3v) is 6.33. The van der Waals surface area contributed by atoms with E-state index in [1.165, 1.54) is 11.3 Å². The second-order valence-corrected chi connectivity index (χ2v) is 8.42. The molecule has 6 nitrogen and oxygen atoms in total. The summed E-state index contributed by atoms with van der Waals surface area (Å²) >= 11 is 1.39. The number of nitrogens with zero attached hydrogens (tertiary/aromatic N) is 2. The van der Waals surface area contributed by atoms with Crippen molar-refractivity contribution in [1.82, 2.24) is 15.2 Å². The van der Waals surface area contributed by atoms with Gasteiger partial charge in [-0.05, 0) is 44.0 Å². The molecule has 160 valence electrons. The van der Waals surface area contributed by atoms with Gasteiger partial charge in [0, 0.05) is 30.3 Å². The summed E-state index contributed by atoms with van der Waals surface area (Å²) in [6.45, 7) is 3.77. The number of amides is 2. The van der Waals surface area contributed by atoms with E-state index < -0.39 is 0 Å². The molecule has 0 bridgehead atoms. The Balaban J connectivity index is 1.29. The summed E-state index contributed by atoms with van der Waals surface area (Å²) in [6.07, 6.45) is 3.10. The smallest absolute Gasteiger partial charge is 0.263 e. The van der Waals surface area contributed by atoms with Crippen molar-refractivity contribution in [3.63, 3.8) is 0 Å². The fourth-order valence-corrected chi connectivity index (χ4v) is 4.44. The summed E-state index contributed by atoms with van der Waals surface area (Å²) in [6, 6.07) is 17.1. The Morgan fingerprint density at radius 3 is 2.48 bits per heavy atom. The maximum atomic E-state index is 12.7. The second-order valence-electron chi connectivity index (χ2n) is 7.39. The van der Waals surface area contributed by atoms with Gasteiger partial charge in [-0.25, -0.2) is 4.98 Å². The zero-order valence-corrected chi connectivity index (χ0v) is 18.2. The second kappa shape index (κ2) is 9.75. The topological polar surface area (TPSA) is 71.5 Å². The van der Waals surface area contributed by atoms with E-state index in [1.54, 1.807) is 18.3 Å². The van der Waals surface area contributed by atoms with E-state index in [2.05, 4.69) is 10.3 Å². The van der Waals surface area contributed by atoms with Crippen molar-refractivity contribution in [2.45, 2.75) is 25.8 Å². The lowest BCUT2D eigenvalue weighted by atomic mass is 10.0. The van der Waals surface area contributed by atoms with Crippen molar-refractivity contribution >= 4 is 23.2 Å². The average Bonchev–Trinajstić information content (AvgIpc) is 3.31. The van der Waals surface area contributed by atoms with Gasteiger partial charge in [-0.3, -0.25) is 9.59 Å². The summed E-state index contributed by atoms with van der Waals surface area (Å²) in [5.41, 5.74) is 1.66. The summed E-state index contributed by atoms with van der Waals surface area (Å²) in [5.74, 6) is 0.678. The third kappa shape index (κ3) is 5.11. The van der Waals surface area contributed by atoms with Crippen molar-refractivity contribution in [3.05, 3.63) is 71.2 Å². The molecule has 31 heavy (non-hydrogen) atoms. The first-order valence-corrected chi connectivity index (χ1v) is 11.3. The SMILES string of the molecule is CCOc1ccc(C(=O)N2CCC(NC(=O)c3cnc(-c4ccccc4)s3)CC2)cc1. The molecule has 0 saturated carbocycles. The number of carbonyl (C=O) groups excluding carboxylic acids is 2. The van der Waals surface area contributed by atoms with Gasteiger partial charge < -0.3 is 15.0 Å². The highest BCUT2D eigenvalue weighted by atomic mass is 32.1. The molecule has 4 rings (SSSR count). The van der Waals surface area contributed by atoms with Crippen molar-refractivity contribution in [2.24, 2.45) is 0 Å². The Bertz CT molecular complexity index is 1030. The van der Waals surface area contributed by atoms with Gasteiger partial charge in [-0.1, -0.05) is 30.3 Å². The van der Waals surface area contributed by atoms with Crippen LogP contribution in [0.1, 0.15) is 39.8 Å². The first-order chi connectivity index (χ1) is 15.1. The minimum atomic E-state index is -0.101. The first-order valence-electron chi connectivity index (χ1n) is 10.5. The Morgan fingerprint density at radius 1 is 1.10 bits per heavy atom. The van der Waals surface area contributed by atoms with E-state index in [9.17, 15) is 9.59 Å². The number of benzene rings is 2. The van der Waals surface area contributed by atoms with Crippen molar-refractivity contribution in [3.8, 4) is 16.3 Å². The van der Waals surface area contributed by atoms with Crippen LogP contribution in [0.15, 0.2) is 60.8 Å². The zero-order chi connectivity index (χ0) is 21.6. The summed E-state index contributed by atoms with van der Waals surface area (Å²) < 4.78 is 5.43. The van der Waals surface area contributed by atoms with Gasteiger partial charge in [0.05, 0.1) is 12.8 Å². The summed E-state index contributed by atoms with van der Waals surface area (Å²) in [5, 5.41) is 3.93. The van der Waals surface area contributed by atoms with E-state index in [0.717, 1.165) is 29.2 Å². The Hall–Kier alpha value is -3.19. The lowest BCUT2D eigenvalue weighted by Crippen LogP contribution is -2.46. The predicted molar refractivity (Wildman–Crippen MR) is 122 cm³/mol. The highest BCUT2D eigenvalue weighted by molar-refractivity contribution is 7.16. The van der Waals surface area contributed by atoms with Gasteiger partial charge in [0.1, 0.15) is 15.6 Å². The quantitative estimate of drug-likeness (QED) is 0.629. The average molecular weight is 436 g/mol. The lowest BCUT2D eigenvalue weighted by Gasteiger charge is -2.32. The van der Waals surface area contributed by atoms with Crippen molar-refractivity contribution < 1.29 is 14.3 Å². The van der Waals surface area contributed by atoms with Crippen molar-refractivity contribution in [1.29, 1.82) is 0 Å².